The maximum Gasteiger partial charge on any atom is 0.186 e. The van der Waals surface area contributed by atoms with E-state index in [0.29, 0.717) is 5.69 Å². The van der Waals surface area contributed by atoms with E-state index in [-0.39, 0.29) is 6.54 Å². The van der Waals surface area contributed by atoms with Crippen LogP contribution in [0.4, 0.5) is 5.69 Å². The number of anilines is 1. The zero-order valence-corrected chi connectivity index (χ0v) is 17.8. The zero-order valence-electron chi connectivity index (χ0n) is 17.8. The molecule has 0 bridgehead atoms. The average Bonchev–Trinajstić information content (AvgIpc) is 2.83. The first kappa shape index (κ1) is 25.7. The highest BCUT2D eigenvalue weighted by Gasteiger charge is 2.46. The lowest BCUT2D eigenvalue weighted by atomic mass is 9.94. The number of fused-ring (bicyclic) bond motifs is 1. The molecule has 3 rings (SSSR count). The van der Waals surface area contributed by atoms with E-state index in [1.165, 1.54) is 0 Å². The Morgan fingerprint density at radius 1 is 0.909 bits per heavy atom. The second-order valence-electron chi connectivity index (χ2n) is 8.04. The number of nitrogens with one attached hydrogen (secondary N) is 1. The average molecular weight is 469 g/mol. The van der Waals surface area contributed by atoms with E-state index in [1.54, 1.807) is 6.07 Å². The molecule has 9 N–H and O–H groups in total. The summed E-state index contributed by atoms with van der Waals surface area (Å²) in [6, 6.07) is 13.1. The Morgan fingerprint density at radius 3 is 2.30 bits per heavy atom. The first-order valence-electron chi connectivity index (χ1n) is 10.6. The fourth-order valence-corrected chi connectivity index (χ4v) is 3.82. The van der Waals surface area contributed by atoms with Gasteiger partial charge in [-0.1, -0.05) is 36.4 Å². The second-order valence-corrected chi connectivity index (χ2v) is 8.04. The molecule has 1 saturated heterocycles. The molecule has 1 aliphatic rings. The molecule has 1 aliphatic heterocycles. The van der Waals surface area contributed by atoms with Gasteiger partial charge in [0, 0.05) is 17.6 Å². The van der Waals surface area contributed by atoms with Crippen LogP contribution in [0.3, 0.4) is 0 Å². The lowest BCUT2D eigenvalue weighted by molar-refractivity contribution is -0.351. The molecule has 0 aliphatic carbocycles. The molecule has 9 atom stereocenters. The number of aliphatic hydroxyl groups is 8. The third-order valence-corrected chi connectivity index (χ3v) is 5.79. The van der Waals surface area contributed by atoms with Crippen LogP contribution in [0.5, 0.6) is 0 Å². The first-order valence-corrected chi connectivity index (χ1v) is 10.6. The van der Waals surface area contributed by atoms with Gasteiger partial charge in [-0.05, 0) is 11.5 Å². The molecule has 1 fully saturated rings. The van der Waals surface area contributed by atoms with Crippen molar-refractivity contribution in [2.24, 2.45) is 5.92 Å². The van der Waals surface area contributed by atoms with E-state index in [0.717, 1.165) is 10.8 Å². The minimum absolute atomic E-state index is 0.147. The number of aliphatic hydroxyl groups excluding tert-OH is 8. The van der Waals surface area contributed by atoms with Crippen molar-refractivity contribution in [2.75, 3.05) is 25.1 Å². The summed E-state index contributed by atoms with van der Waals surface area (Å²) in [4.78, 5) is 0. The van der Waals surface area contributed by atoms with Crippen molar-refractivity contribution in [3.05, 3.63) is 42.5 Å². The second kappa shape index (κ2) is 11.5. The van der Waals surface area contributed by atoms with Crippen LogP contribution in [-0.2, 0) is 9.47 Å². The van der Waals surface area contributed by atoms with Crippen LogP contribution in [0.15, 0.2) is 42.5 Å². The van der Waals surface area contributed by atoms with Crippen molar-refractivity contribution in [1.82, 2.24) is 0 Å². The highest BCUT2D eigenvalue weighted by atomic mass is 16.7. The van der Waals surface area contributed by atoms with Gasteiger partial charge in [0.05, 0.1) is 31.3 Å². The standard InChI is InChI=1S/C22H31NO10/c24-9-13-17(28)19(30)21(31)33-22(13)32-20(16(27)10-25)18(29)15(26)8-23-14-7-3-5-11-4-1-2-6-12(11)14/h1-7,13,15-31H,8-10H2. The van der Waals surface area contributed by atoms with Gasteiger partial charge in [0.2, 0.25) is 0 Å². The molecule has 0 amide bonds. The van der Waals surface area contributed by atoms with E-state index in [4.69, 9.17) is 9.47 Å². The molecule has 9 unspecified atom stereocenters. The van der Waals surface area contributed by atoms with Crippen molar-refractivity contribution in [2.45, 2.75) is 49.2 Å². The summed E-state index contributed by atoms with van der Waals surface area (Å²) < 4.78 is 10.5. The monoisotopic (exact) mass is 469 g/mol. The van der Waals surface area contributed by atoms with E-state index >= 15 is 0 Å². The van der Waals surface area contributed by atoms with E-state index in [1.807, 2.05) is 36.4 Å². The summed E-state index contributed by atoms with van der Waals surface area (Å²) in [5.41, 5.74) is 0.704. The summed E-state index contributed by atoms with van der Waals surface area (Å²) in [7, 11) is 0. The lowest BCUT2D eigenvalue weighted by Crippen LogP contribution is -2.59. The van der Waals surface area contributed by atoms with E-state index in [2.05, 4.69) is 5.32 Å². The molecule has 11 nitrogen and oxygen atoms in total. The van der Waals surface area contributed by atoms with Gasteiger partial charge in [-0.15, -0.1) is 0 Å². The summed E-state index contributed by atoms with van der Waals surface area (Å²) in [6.45, 7) is -1.69. The van der Waals surface area contributed by atoms with Crippen LogP contribution >= 0.6 is 0 Å². The largest absolute Gasteiger partial charge is 0.396 e. The van der Waals surface area contributed by atoms with Gasteiger partial charge in [0.15, 0.2) is 12.6 Å². The van der Waals surface area contributed by atoms with Gasteiger partial charge >= 0.3 is 0 Å². The summed E-state index contributed by atoms with van der Waals surface area (Å²) in [6.07, 6.45) is -13.2. The normalized spacial score (nSPS) is 29.4. The van der Waals surface area contributed by atoms with Crippen molar-refractivity contribution < 1.29 is 50.3 Å². The van der Waals surface area contributed by atoms with Gasteiger partial charge in [-0.3, -0.25) is 0 Å². The molecule has 0 saturated carbocycles. The van der Waals surface area contributed by atoms with Crippen LogP contribution in [-0.4, -0.2) is 110 Å². The predicted molar refractivity (Wildman–Crippen MR) is 116 cm³/mol. The number of benzene rings is 2. The molecule has 11 heteroatoms. The SMILES string of the molecule is OCC(O)C(OC1OC(O)C(O)C(O)C1CO)C(O)C(O)CNc1cccc2ccccc12. The summed E-state index contributed by atoms with van der Waals surface area (Å²) >= 11 is 0. The van der Waals surface area contributed by atoms with Gasteiger partial charge in [-0.25, -0.2) is 0 Å². The Hall–Kier alpha value is -1.90. The summed E-state index contributed by atoms with van der Waals surface area (Å²) in [5, 5.41) is 84.8. The van der Waals surface area contributed by atoms with Crippen molar-refractivity contribution in [3.8, 4) is 0 Å². The molecule has 2 aromatic carbocycles. The van der Waals surface area contributed by atoms with Gasteiger partial charge in [0.25, 0.3) is 0 Å². The smallest absolute Gasteiger partial charge is 0.186 e. The fraction of sp³-hybridized carbons (Fsp3) is 0.545. The highest BCUT2D eigenvalue weighted by molar-refractivity contribution is 5.93. The number of ether oxygens (including phenoxy) is 2. The lowest BCUT2D eigenvalue weighted by Gasteiger charge is -2.42. The Balaban J connectivity index is 1.71. The van der Waals surface area contributed by atoms with Gasteiger partial charge < -0.3 is 55.6 Å². The predicted octanol–water partition coefficient (Wildman–Crippen LogP) is -2.28. The first-order chi connectivity index (χ1) is 15.8. The van der Waals surface area contributed by atoms with Crippen LogP contribution in [0.1, 0.15) is 0 Å². The summed E-state index contributed by atoms with van der Waals surface area (Å²) in [5.74, 6) is -1.23. The molecular weight excluding hydrogens is 438 g/mol. The van der Waals surface area contributed by atoms with Crippen LogP contribution in [0.25, 0.3) is 10.8 Å². The minimum atomic E-state index is -1.85. The quantitative estimate of drug-likeness (QED) is 0.182. The highest BCUT2D eigenvalue weighted by Crippen LogP contribution is 2.28. The topological polar surface area (TPSA) is 192 Å². The third kappa shape index (κ3) is 5.78. The van der Waals surface area contributed by atoms with Gasteiger partial charge in [0.1, 0.15) is 24.4 Å². The van der Waals surface area contributed by atoms with Crippen LogP contribution < -0.4 is 5.32 Å². The fourth-order valence-electron chi connectivity index (χ4n) is 3.82. The Labute approximate surface area is 190 Å². The maximum absolute atomic E-state index is 10.7. The van der Waals surface area contributed by atoms with Crippen molar-refractivity contribution in [3.63, 3.8) is 0 Å². The molecular formula is C22H31NO10. The molecule has 0 spiro atoms. The van der Waals surface area contributed by atoms with E-state index < -0.39 is 68.3 Å². The molecule has 33 heavy (non-hydrogen) atoms. The Morgan fingerprint density at radius 2 is 1.61 bits per heavy atom. The van der Waals surface area contributed by atoms with Crippen molar-refractivity contribution in [1.29, 1.82) is 0 Å². The minimum Gasteiger partial charge on any atom is -0.396 e. The van der Waals surface area contributed by atoms with Crippen molar-refractivity contribution >= 4 is 16.5 Å². The maximum atomic E-state index is 10.7. The molecule has 2 aromatic rings. The van der Waals surface area contributed by atoms with Crippen LogP contribution in [0, 0.1) is 5.92 Å². The number of rotatable bonds is 10. The third-order valence-electron chi connectivity index (χ3n) is 5.79. The Bertz CT molecular complexity index is 880. The van der Waals surface area contributed by atoms with Crippen LogP contribution in [0.2, 0.25) is 0 Å². The molecule has 0 radical (unpaired) electrons. The van der Waals surface area contributed by atoms with E-state index in [9.17, 15) is 40.9 Å². The molecule has 184 valence electrons. The molecule has 0 aromatic heterocycles. The Kier molecular flexibility index (Phi) is 8.95. The molecule has 1 heterocycles. The number of hydrogen-bond acceptors (Lipinski definition) is 11. The number of hydrogen-bond donors (Lipinski definition) is 9. The van der Waals surface area contributed by atoms with Gasteiger partial charge in [-0.2, -0.15) is 0 Å². The zero-order chi connectivity index (χ0) is 24.1.